The van der Waals surface area contributed by atoms with E-state index in [-0.39, 0.29) is 5.91 Å². The van der Waals surface area contributed by atoms with Crippen molar-refractivity contribution in [1.82, 2.24) is 9.88 Å². The number of carbonyl (C=O) groups excluding carboxylic acids is 1. The lowest BCUT2D eigenvalue weighted by atomic mass is 10.2. The molecule has 0 atom stereocenters. The summed E-state index contributed by atoms with van der Waals surface area (Å²) in [6, 6.07) is 14.5. The van der Waals surface area contributed by atoms with Crippen molar-refractivity contribution < 1.29 is 14.6 Å². The Hall–Kier alpha value is -2.15. The zero-order valence-electron chi connectivity index (χ0n) is 17.2. The number of fused-ring (bicyclic) bond motifs is 1. The Morgan fingerprint density at radius 2 is 1.86 bits per heavy atom. The Morgan fingerprint density at radius 3 is 2.62 bits per heavy atom. The molecule has 1 amide bonds. The maximum Gasteiger partial charge on any atom is 0.267 e. The average Bonchev–Trinajstić information content (AvgIpc) is 3.35. The van der Waals surface area contributed by atoms with Crippen molar-refractivity contribution in [3.8, 4) is 0 Å². The van der Waals surface area contributed by atoms with E-state index < -0.39 is 0 Å². The van der Waals surface area contributed by atoms with E-state index in [1.54, 1.807) is 21.1 Å². The third-order valence-corrected chi connectivity index (χ3v) is 6.95. The summed E-state index contributed by atoms with van der Waals surface area (Å²) < 4.78 is 3.32. The van der Waals surface area contributed by atoms with E-state index >= 15 is 0 Å². The molecule has 154 valence electrons. The molecule has 0 radical (unpaired) electrons. The number of thiophene rings is 1. The number of nitrogens with zero attached hydrogens (tertiary/aromatic N) is 1. The van der Waals surface area contributed by atoms with E-state index in [4.69, 9.17) is 0 Å². The summed E-state index contributed by atoms with van der Waals surface area (Å²) in [7, 11) is 0. The van der Waals surface area contributed by atoms with E-state index in [0.29, 0.717) is 0 Å². The van der Waals surface area contributed by atoms with Crippen LogP contribution in [-0.2, 0) is 6.54 Å². The van der Waals surface area contributed by atoms with Crippen LogP contribution in [0.25, 0.3) is 10.2 Å². The van der Waals surface area contributed by atoms with E-state index in [9.17, 15) is 4.79 Å². The van der Waals surface area contributed by atoms with Crippen LogP contribution < -0.4 is 15.1 Å². The number of carbonyl (C=O) groups is 1. The largest absolute Gasteiger partial charge is 0.351 e. The third-order valence-electron chi connectivity index (χ3n) is 6.10. The molecule has 4 rings (SSSR count). The van der Waals surface area contributed by atoms with E-state index in [1.807, 2.05) is 24.3 Å². The second kappa shape index (κ2) is 9.57. The quantitative estimate of drug-likeness (QED) is 0.468. The summed E-state index contributed by atoms with van der Waals surface area (Å²) in [5.41, 5.74) is 3.12. The van der Waals surface area contributed by atoms with Crippen LogP contribution in [0.1, 0.15) is 29.4 Å². The lowest BCUT2D eigenvalue weighted by molar-refractivity contribution is -1.01. The molecule has 1 fully saturated rings. The number of benzene rings is 1. The fraction of sp³-hybridized carbons (Fsp3) is 0.435. The summed E-state index contributed by atoms with van der Waals surface area (Å²) in [4.78, 5) is 16.3. The number of piperazine rings is 1. The number of aromatic nitrogens is 1. The topological polar surface area (TPSA) is 42.9 Å². The van der Waals surface area contributed by atoms with Gasteiger partial charge in [-0.2, -0.15) is 0 Å². The summed E-state index contributed by atoms with van der Waals surface area (Å²) >= 11 is 1.69. The van der Waals surface area contributed by atoms with Gasteiger partial charge in [0.05, 0.1) is 23.3 Å². The third kappa shape index (κ3) is 4.89. The number of amides is 1. The first-order valence-corrected chi connectivity index (χ1v) is 11.7. The van der Waals surface area contributed by atoms with Crippen LogP contribution in [0.2, 0.25) is 0 Å². The molecule has 0 spiro atoms. The molecule has 6 heteroatoms. The van der Waals surface area contributed by atoms with Crippen LogP contribution >= 0.6 is 11.3 Å². The highest BCUT2D eigenvalue weighted by molar-refractivity contribution is 7.17. The number of quaternary nitrogens is 2. The van der Waals surface area contributed by atoms with Gasteiger partial charge in [-0.05, 0) is 30.0 Å². The highest BCUT2D eigenvalue weighted by Crippen LogP contribution is 2.26. The zero-order valence-corrected chi connectivity index (χ0v) is 18.1. The highest BCUT2D eigenvalue weighted by atomic mass is 32.1. The fourth-order valence-corrected chi connectivity index (χ4v) is 5.12. The van der Waals surface area contributed by atoms with Crippen molar-refractivity contribution in [3.63, 3.8) is 0 Å². The number of hydrogen-bond donors (Lipinski definition) is 3. The number of hydrogen-bond acceptors (Lipinski definition) is 2. The summed E-state index contributed by atoms with van der Waals surface area (Å²) in [5.74, 6) is 0.0413. The van der Waals surface area contributed by atoms with Gasteiger partial charge in [0, 0.05) is 19.5 Å². The van der Waals surface area contributed by atoms with Crippen LogP contribution in [0.3, 0.4) is 0 Å². The maximum atomic E-state index is 12.9. The van der Waals surface area contributed by atoms with Gasteiger partial charge in [-0.1, -0.05) is 30.3 Å². The standard InChI is InChI=1S/C23H30N4OS/c1-2-25-12-14-26(15-13-25)11-6-10-24-23(28)21-17-22-20(9-16-29-22)27(21)18-19-7-4-3-5-8-19/h3-5,7-9,16-17H,2,6,10-15,18H2,1H3,(H,24,28)/p+2. The molecule has 1 aliphatic rings. The first-order valence-electron chi connectivity index (χ1n) is 10.8. The second-order valence-electron chi connectivity index (χ2n) is 7.98. The van der Waals surface area contributed by atoms with Crippen LogP contribution in [0.15, 0.2) is 47.8 Å². The Kier molecular flexibility index (Phi) is 6.64. The highest BCUT2D eigenvalue weighted by Gasteiger charge is 2.21. The Bertz CT molecular complexity index is 925. The molecule has 29 heavy (non-hydrogen) atoms. The molecule has 3 aromatic rings. The van der Waals surface area contributed by atoms with Crippen LogP contribution in [0.4, 0.5) is 0 Å². The first kappa shape index (κ1) is 20.1. The molecule has 2 aromatic heterocycles. The number of rotatable bonds is 8. The Balaban J connectivity index is 1.34. The first-order chi connectivity index (χ1) is 14.2. The molecule has 0 unspecified atom stereocenters. The minimum Gasteiger partial charge on any atom is -0.351 e. The predicted octanol–water partition coefficient (Wildman–Crippen LogP) is 0.674. The van der Waals surface area contributed by atoms with Gasteiger partial charge in [-0.25, -0.2) is 0 Å². The maximum absolute atomic E-state index is 12.9. The predicted molar refractivity (Wildman–Crippen MR) is 119 cm³/mol. The van der Waals surface area contributed by atoms with Gasteiger partial charge in [0.1, 0.15) is 31.9 Å². The second-order valence-corrected chi connectivity index (χ2v) is 8.93. The monoisotopic (exact) mass is 412 g/mol. The molecule has 5 nitrogen and oxygen atoms in total. The summed E-state index contributed by atoms with van der Waals surface area (Å²) in [5, 5.41) is 5.26. The van der Waals surface area contributed by atoms with Crippen LogP contribution in [-0.4, -0.2) is 56.3 Å². The van der Waals surface area contributed by atoms with Crippen molar-refractivity contribution in [1.29, 1.82) is 0 Å². The van der Waals surface area contributed by atoms with Crippen LogP contribution in [0.5, 0.6) is 0 Å². The van der Waals surface area contributed by atoms with Gasteiger partial charge < -0.3 is 19.7 Å². The van der Waals surface area contributed by atoms with Crippen molar-refractivity contribution in [3.05, 3.63) is 59.1 Å². The molecule has 0 bridgehead atoms. The minimum absolute atomic E-state index is 0.0413. The molecule has 3 heterocycles. The van der Waals surface area contributed by atoms with E-state index in [0.717, 1.165) is 37.3 Å². The smallest absolute Gasteiger partial charge is 0.267 e. The van der Waals surface area contributed by atoms with Crippen molar-refractivity contribution in [2.45, 2.75) is 19.9 Å². The van der Waals surface area contributed by atoms with Crippen LogP contribution in [0, 0.1) is 0 Å². The van der Waals surface area contributed by atoms with E-state index in [1.165, 1.54) is 43.0 Å². The van der Waals surface area contributed by atoms with Gasteiger partial charge in [-0.3, -0.25) is 4.79 Å². The van der Waals surface area contributed by atoms with Gasteiger partial charge in [-0.15, -0.1) is 11.3 Å². The molecular formula is C23H32N4OS+2. The van der Waals surface area contributed by atoms with Gasteiger partial charge in [0.2, 0.25) is 0 Å². The SMILES string of the molecule is CC[NH+]1CC[NH+](CCCNC(=O)c2cc3sccc3n2Cc2ccccc2)CC1. The lowest BCUT2D eigenvalue weighted by Gasteiger charge is -2.28. The normalized spacial score (nSPS) is 19.5. The van der Waals surface area contributed by atoms with Gasteiger partial charge in [0.15, 0.2) is 0 Å². The molecule has 0 aliphatic carbocycles. The molecule has 0 saturated carbocycles. The summed E-state index contributed by atoms with van der Waals surface area (Å²) in [6.07, 6.45) is 1.04. The average molecular weight is 413 g/mol. The number of likely N-dealkylation sites (N-methyl/N-ethyl adjacent to an activating group) is 1. The van der Waals surface area contributed by atoms with Crippen molar-refractivity contribution in [2.24, 2.45) is 0 Å². The van der Waals surface area contributed by atoms with Gasteiger partial charge >= 0.3 is 0 Å². The lowest BCUT2D eigenvalue weighted by Crippen LogP contribution is -3.28. The molecule has 1 saturated heterocycles. The summed E-state index contributed by atoms with van der Waals surface area (Å²) in [6.45, 7) is 11.2. The fourth-order valence-electron chi connectivity index (χ4n) is 4.29. The molecule has 3 N–H and O–H groups in total. The van der Waals surface area contributed by atoms with Crippen molar-refractivity contribution in [2.75, 3.05) is 45.8 Å². The van der Waals surface area contributed by atoms with Crippen molar-refractivity contribution >= 4 is 27.5 Å². The Labute approximate surface area is 176 Å². The van der Waals surface area contributed by atoms with E-state index in [2.05, 4.69) is 40.4 Å². The molecular weight excluding hydrogens is 380 g/mol. The molecule has 1 aliphatic heterocycles. The molecule has 1 aromatic carbocycles. The number of nitrogens with one attached hydrogen (secondary N) is 3. The Morgan fingerprint density at radius 1 is 1.10 bits per heavy atom. The zero-order chi connectivity index (χ0) is 20.1. The van der Waals surface area contributed by atoms with Gasteiger partial charge in [0.25, 0.3) is 5.91 Å². The minimum atomic E-state index is 0.0413.